The molecule has 1 atom stereocenters. The summed E-state index contributed by atoms with van der Waals surface area (Å²) in [5.74, 6) is 7.22. The van der Waals surface area contributed by atoms with Crippen molar-refractivity contribution in [3.05, 3.63) is 29.7 Å². The molecule has 3 aromatic rings. The molecule has 0 aliphatic carbocycles. The normalized spacial score (nSPS) is 11.6. The zero-order chi connectivity index (χ0) is 29.8. The number of amides is 2. The topological polar surface area (TPSA) is 144 Å². The van der Waals surface area contributed by atoms with Crippen LogP contribution in [-0.4, -0.2) is 93.6 Å². The van der Waals surface area contributed by atoms with Crippen molar-refractivity contribution >= 4 is 40.3 Å². The lowest BCUT2D eigenvalue weighted by molar-refractivity contribution is -0.138. The molecule has 12 heteroatoms. The van der Waals surface area contributed by atoms with Gasteiger partial charge >= 0.3 is 0 Å². The predicted octanol–water partition coefficient (Wildman–Crippen LogP) is 3.06. The standard InChI is InChI=1S/C29H42N10O2/c1-7-14-30-26-22(18-33-29(35-26)34-23-17-24-20(2)36-37-27(24)32-19-23)12-9-8-10-15-31-28(41)21(3)39(6)25(40)13-11-16-38(4)5/h17-19,21H,7-8,10-11,13-16H2,1-6H3,(H,31,41)(H,32,36,37)(H2,30,33,34,35)/t21-/m0/s1. The fourth-order valence-corrected chi connectivity index (χ4v) is 3.94. The Morgan fingerprint density at radius 2 is 1.93 bits per heavy atom. The molecule has 2 amide bonds. The number of pyridine rings is 1. The second-order valence-corrected chi connectivity index (χ2v) is 10.2. The van der Waals surface area contributed by atoms with Crippen LogP contribution in [-0.2, 0) is 9.59 Å². The van der Waals surface area contributed by atoms with Crippen LogP contribution < -0.4 is 16.0 Å². The molecule has 12 nitrogen and oxygen atoms in total. The van der Waals surface area contributed by atoms with Crippen LogP contribution in [0.15, 0.2) is 18.5 Å². The van der Waals surface area contributed by atoms with E-state index in [9.17, 15) is 9.59 Å². The average Bonchev–Trinajstić information content (AvgIpc) is 3.32. The van der Waals surface area contributed by atoms with Gasteiger partial charge in [0.05, 0.1) is 23.6 Å². The molecule has 0 aliphatic heterocycles. The Labute approximate surface area is 242 Å². The van der Waals surface area contributed by atoms with Crippen LogP contribution in [0.5, 0.6) is 0 Å². The van der Waals surface area contributed by atoms with Crippen LogP contribution in [0.3, 0.4) is 0 Å². The number of anilines is 3. The maximum Gasteiger partial charge on any atom is 0.242 e. The van der Waals surface area contributed by atoms with Crippen LogP contribution in [0.2, 0.25) is 0 Å². The zero-order valence-electron chi connectivity index (χ0n) is 25.0. The largest absolute Gasteiger partial charge is 0.369 e. The lowest BCUT2D eigenvalue weighted by Crippen LogP contribution is -2.46. The van der Waals surface area contributed by atoms with Gasteiger partial charge in [0.1, 0.15) is 11.9 Å². The Morgan fingerprint density at radius 3 is 2.68 bits per heavy atom. The fraction of sp³-hybridized carbons (Fsp3) is 0.517. The summed E-state index contributed by atoms with van der Waals surface area (Å²) in [7, 11) is 5.63. The monoisotopic (exact) mass is 562 g/mol. The SMILES string of the molecule is CCCNc1nc(Nc2cnc3n[nH]c(C)c3c2)ncc1C#CCCCNC(=O)[C@H](C)N(C)C(=O)CCCN(C)C. The maximum atomic E-state index is 12.5. The third-order valence-electron chi connectivity index (χ3n) is 6.54. The molecule has 0 unspecified atom stereocenters. The number of aromatic amines is 1. The molecule has 0 saturated carbocycles. The second kappa shape index (κ2) is 15.5. The van der Waals surface area contributed by atoms with Gasteiger partial charge in [-0.05, 0) is 59.8 Å². The smallest absolute Gasteiger partial charge is 0.242 e. The van der Waals surface area contributed by atoms with Gasteiger partial charge in [-0.25, -0.2) is 9.97 Å². The number of nitrogens with zero attached hydrogens (tertiary/aromatic N) is 6. The number of carbonyl (C=O) groups is 2. The van der Waals surface area contributed by atoms with Crippen molar-refractivity contribution in [1.82, 2.24) is 40.3 Å². The summed E-state index contributed by atoms with van der Waals surface area (Å²) >= 11 is 0. The van der Waals surface area contributed by atoms with Gasteiger partial charge in [0, 0.05) is 44.1 Å². The minimum absolute atomic E-state index is 0.0258. The number of fused-ring (bicyclic) bond motifs is 1. The van der Waals surface area contributed by atoms with Gasteiger partial charge in [-0.15, -0.1) is 0 Å². The fourth-order valence-electron chi connectivity index (χ4n) is 3.94. The third kappa shape index (κ3) is 9.42. The van der Waals surface area contributed by atoms with Crippen LogP contribution in [0.1, 0.15) is 57.2 Å². The number of unbranched alkanes of at least 4 members (excludes halogenated alkanes) is 1. The predicted molar refractivity (Wildman–Crippen MR) is 162 cm³/mol. The maximum absolute atomic E-state index is 12.5. The highest BCUT2D eigenvalue weighted by atomic mass is 16.2. The first kappa shape index (κ1) is 31.3. The summed E-state index contributed by atoms with van der Waals surface area (Å²) in [4.78, 5) is 41.9. The molecule has 3 heterocycles. The van der Waals surface area contributed by atoms with E-state index >= 15 is 0 Å². The van der Waals surface area contributed by atoms with Gasteiger partial charge in [0.15, 0.2) is 5.65 Å². The summed E-state index contributed by atoms with van der Waals surface area (Å²) in [6.07, 6.45) is 6.81. The Kier molecular flexibility index (Phi) is 11.8. The lowest BCUT2D eigenvalue weighted by atomic mass is 10.2. The van der Waals surface area contributed by atoms with Crippen LogP contribution in [0.4, 0.5) is 17.5 Å². The summed E-state index contributed by atoms with van der Waals surface area (Å²) in [5.41, 5.74) is 3.07. The van der Waals surface area contributed by atoms with Crippen molar-refractivity contribution in [2.24, 2.45) is 0 Å². The van der Waals surface area contributed by atoms with E-state index in [-0.39, 0.29) is 11.8 Å². The molecule has 3 aromatic heterocycles. The summed E-state index contributed by atoms with van der Waals surface area (Å²) < 4.78 is 0. The zero-order valence-corrected chi connectivity index (χ0v) is 25.0. The number of hydrogen-bond donors (Lipinski definition) is 4. The minimum Gasteiger partial charge on any atom is -0.369 e. The average molecular weight is 563 g/mol. The Hall–Kier alpha value is -4.24. The Bertz CT molecular complexity index is 1370. The van der Waals surface area contributed by atoms with Gasteiger partial charge in [-0.2, -0.15) is 10.1 Å². The minimum atomic E-state index is -0.522. The van der Waals surface area contributed by atoms with E-state index in [0.717, 1.165) is 42.7 Å². The van der Waals surface area contributed by atoms with E-state index < -0.39 is 6.04 Å². The molecule has 220 valence electrons. The molecule has 0 bridgehead atoms. The molecule has 0 aromatic carbocycles. The first-order chi connectivity index (χ1) is 19.7. The summed E-state index contributed by atoms with van der Waals surface area (Å²) in [6.45, 7) is 7.85. The lowest BCUT2D eigenvalue weighted by Gasteiger charge is -2.24. The van der Waals surface area contributed by atoms with Crippen LogP contribution in [0.25, 0.3) is 11.0 Å². The number of likely N-dealkylation sites (N-methyl/N-ethyl adjacent to an activating group) is 1. The van der Waals surface area contributed by atoms with Gasteiger partial charge in [0.2, 0.25) is 17.8 Å². The van der Waals surface area contributed by atoms with E-state index in [4.69, 9.17) is 0 Å². The van der Waals surface area contributed by atoms with E-state index in [0.29, 0.717) is 48.8 Å². The summed E-state index contributed by atoms with van der Waals surface area (Å²) in [6, 6.07) is 1.44. The van der Waals surface area contributed by atoms with Gasteiger partial charge in [0.25, 0.3) is 0 Å². The molecule has 3 rings (SSSR count). The number of carbonyl (C=O) groups excluding carboxylic acids is 2. The number of aromatic nitrogens is 5. The molecular weight excluding hydrogens is 520 g/mol. The molecule has 0 spiro atoms. The molecule has 0 radical (unpaired) electrons. The van der Waals surface area contributed by atoms with Crippen molar-refractivity contribution in [3.8, 4) is 11.8 Å². The number of hydrogen-bond acceptors (Lipinski definition) is 9. The van der Waals surface area contributed by atoms with Crippen molar-refractivity contribution in [2.75, 3.05) is 51.4 Å². The quantitative estimate of drug-likeness (QED) is 0.172. The molecule has 41 heavy (non-hydrogen) atoms. The Balaban J connectivity index is 1.51. The third-order valence-corrected chi connectivity index (χ3v) is 6.54. The Morgan fingerprint density at radius 1 is 1.12 bits per heavy atom. The van der Waals surface area contributed by atoms with E-state index in [2.05, 4.69) is 59.9 Å². The van der Waals surface area contributed by atoms with Crippen molar-refractivity contribution in [3.63, 3.8) is 0 Å². The first-order valence-electron chi connectivity index (χ1n) is 14.0. The second-order valence-electron chi connectivity index (χ2n) is 10.2. The molecule has 0 saturated heterocycles. The highest BCUT2D eigenvalue weighted by Gasteiger charge is 2.21. The van der Waals surface area contributed by atoms with Gasteiger partial charge in [-0.1, -0.05) is 18.8 Å². The van der Waals surface area contributed by atoms with Crippen molar-refractivity contribution in [1.29, 1.82) is 0 Å². The molecule has 4 N–H and O–H groups in total. The molecule has 0 aliphatic rings. The van der Waals surface area contributed by atoms with Crippen LogP contribution in [0, 0.1) is 18.8 Å². The first-order valence-corrected chi connectivity index (χ1v) is 14.0. The van der Waals surface area contributed by atoms with Gasteiger partial charge < -0.3 is 25.8 Å². The number of H-pyrrole nitrogens is 1. The summed E-state index contributed by atoms with van der Waals surface area (Å²) in [5, 5.41) is 17.5. The highest BCUT2D eigenvalue weighted by molar-refractivity contribution is 5.87. The number of aryl methyl sites for hydroxylation is 1. The van der Waals surface area contributed by atoms with Gasteiger partial charge in [-0.3, -0.25) is 14.7 Å². The van der Waals surface area contributed by atoms with Crippen LogP contribution >= 0.6 is 0 Å². The van der Waals surface area contributed by atoms with Crippen molar-refractivity contribution in [2.45, 2.75) is 58.9 Å². The molecule has 0 fully saturated rings. The number of rotatable bonds is 14. The number of nitrogens with one attached hydrogen (secondary N) is 4. The molecular formula is C29H42N10O2. The van der Waals surface area contributed by atoms with E-state index in [1.165, 1.54) is 4.90 Å². The highest BCUT2D eigenvalue weighted by Crippen LogP contribution is 2.21. The van der Waals surface area contributed by atoms with E-state index in [1.807, 2.05) is 32.0 Å². The van der Waals surface area contributed by atoms with Crippen molar-refractivity contribution < 1.29 is 9.59 Å². The van der Waals surface area contributed by atoms with E-state index in [1.54, 1.807) is 26.4 Å².